The molecule has 0 heterocycles. The monoisotopic (exact) mass is 351 g/mol. The molecule has 4 heteroatoms. The molecule has 124 valence electrons. The molecule has 0 aromatic heterocycles. The summed E-state index contributed by atoms with van der Waals surface area (Å²) >= 11 is 14.0. The Bertz CT molecular complexity index is 621. The topological polar surface area (TPSA) is 29.1 Å². The number of carbonyl (C=O) groups excluding carboxylic acids is 1. The van der Waals surface area contributed by atoms with E-state index in [1.165, 1.54) is 6.42 Å². The molecule has 1 N–H and O–H groups in total. The fourth-order valence-electron chi connectivity index (χ4n) is 5.82. The first-order valence-corrected chi connectivity index (χ1v) is 9.34. The quantitative estimate of drug-likeness (QED) is 0.788. The van der Waals surface area contributed by atoms with Gasteiger partial charge in [0.1, 0.15) is 0 Å². The minimum Gasteiger partial charge on any atom is -0.349 e. The van der Waals surface area contributed by atoms with Crippen molar-refractivity contribution in [3.05, 3.63) is 35.9 Å². The molecule has 5 rings (SSSR count). The molecule has 6 atom stereocenters. The molecule has 23 heavy (non-hydrogen) atoms. The van der Waals surface area contributed by atoms with E-state index in [1.807, 2.05) is 18.2 Å². The normalized spacial score (nSPS) is 42.5. The molecular weight excluding hydrogens is 329 g/mol. The van der Waals surface area contributed by atoms with Gasteiger partial charge in [-0.05, 0) is 49.5 Å². The van der Waals surface area contributed by atoms with Gasteiger partial charge >= 0.3 is 0 Å². The lowest BCUT2D eigenvalue weighted by atomic mass is 9.49. The van der Waals surface area contributed by atoms with E-state index in [9.17, 15) is 4.79 Å². The summed E-state index contributed by atoms with van der Waals surface area (Å²) in [5.74, 6) is 1.43. The van der Waals surface area contributed by atoms with Gasteiger partial charge in [-0.15, -0.1) is 23.2 Å². The Morgan fingerprint density at radius 3 is 2.57 bits per heavy atom. The van der Waals surface area contributed by atoms with E-state index in [0.717, 1.165) is 31.2 Å². The summed E-state index contributed by atoms with van der Waals surface area (Å²) in [6.45, 7) is 1.59. The number of nitrogens with one attached hydrogen (secondary N) is 1. The Morgan fingerprint density at radius 1 is 1.22 bits per heavy atom. The molecule has 1 aromatic rings. The maximum absolute atomic E-state index is 11.9. The Kier molecular flexibility index (Phi) is 3.70. The van der Waals surface area contributed by atoms with Crippen molar-refractivity contribution in [2.45, 2.75) is 54.8 Å². The fourth-order valence-corrected chi connectivity index (χ4v) is 7.33. The van der Waals surface area contributed by atoms with Gasteiger partial charge in [-0.25, -0.2) is 0 Å². The minimum absolute atomic E-state index is 0.00788. The Labute approximate surface area is 147 Å². The molecular formula is C19H23Cl2NO. The van der Waals surface area contributed by atoms with Crippen LogP contribution in [0.4, 0.5) is 0 Å². The molecule has 0 spiro atoms. The van der Waals surface area contributed by atoms with Gasteiger partial charge in [0.25, 0.3) is 0 Å². The number of benzene rings is 1. The zero-order chi connectivity index (χ0) is 16.2. The highest BCUT2D eigenvalue weighted by molar-refractivity contribution is 6.28. The van der Waals surface area contributed by atoms with Crippen molar-refractivity contribution in [1.82, 2.24) is 5.32 Å². The molecule has 2 nitrogen and oxygen atoms in total. The van der Waals surface area contributed by atoms with Gasteiger partial charge in [0, 0.05) is 17.7 Å². The lowest BCUT2D eigenvalue weighted by molar-refractivity contribution is -0.121. The number of carbonyl (C=O) groups is 1. The van der Waals surface area contributed by atoms with Crippen LogP contribution in [0.5, 0.6) is 0 Å². The highest BCUT2D eigenvalue weighted by atomic mass is 35.5. The second-order valence-corrected chi connectivity index (χ2v) is 9.51. The van der Waals surface area contributed by atoms with E-state index in [1.54, 1.807) is 6.92 Å². The molecule has 4 aliphatic carbocycles. The standard InChI is InChI=1S/C19H23Cl2NO/c1-12(23)22-17(14-5-3-2-4-6-14)16-15-7-13-8-18(20,10-15)11-19(16,21)9-13/h2-6,13,15-17H,7-11H2,1H3,(H,22,23)/t13?,15?,16-,17+,18?,19+/m1/s1. The van der Waals surface area contributed by atoms with E-state index in [-0.39, 0.29) is 27.6 Å². The third-order valence-electron chi connectivity index (χ3n) is 6.14. The predicted molar refractivity (Wildman–Crippen MR) is 93.7 cm³/mol. The molecule has 4 aliphatic rings. The van der Waals surface area contributed by atoms with Crippen molar-refractivity contribution in [3.63, 3.8) is 0 Å². The first kappa shape index (κ1) is 15.8. The first-order valence-electron chi connectivity index (χ1n) is 8.58. The molecule has 0 aliphatic heterocycles. The van der Waals surface area contributed by atoms with Crippen molar-refractivity contribution < 1.29 is 4.79 Å². The molecule has 1 aromatic carbocycles. The van der Waals surface area contributed by atoms with Gasteiger partial charge in [0.05, 0.1) is 10.9 Å². The smallest absolute Gasteiger partial charge is 0.217 e. The minimum atomic E-state index is -0.283. The van der Waals surface area contributed by atoms with Crippen molar-refractivity contribution >= 4 is 29.1 Å². The van der Waals surface area contributed by atoms with Crippen LogP contribution in [0.1, 0.15) is 50.6 Å². The highest BCUT2D eigenvalue weighted by Crippen LogP contribution is 2.66. The summed E-state index contributed by atoms with van der Waals surface area (Å²) in [6.07, 6.45) is 5.25. The van der Waals surface area contributed by atoms with Gasteiger partial charge in [0.15, 0.2) is 0 Å². The Hall–Kier alpha value is -0.730. The zero-order valence-corrected chi connectivity index (χ0v) is 14.9. The van der Waals surface area contributed by atoms with Crippen LogP contribution in [0.15, 0.2) is 30.3 Å². The third kappa shape index (κ3) is 2.68. The van der Waals surface area contributed by atoms with Crippen molar-refractivity contribution in [3.8, 4) is 0 Å². The molecule has 4 saturated carbocycles. The molecule has 1 amide bonds. The molecule has 0 saturated heterocycles. The van der Waals surface area contributed by atoms with Crippen molar-refractivity contribution in [2.75, 3.05) is 0 Å². The number of hydrogen-bond donors (Lipinski definition) is 1. The lowest BCUT2D eigenvalue weighted by Crippen LogP contribution is -2.62. The Balaban J connectivity index is 1.73. The number of amides is 1. The van der Waals surface area contributed by atoms with Gasteiger partial charge in [0.2, 0.25) is 5.91 Å². The van der Waals surface area contributed by atoms with Crippen LogP contribution in [0, 0.1) is 17.8 Å². The summed E-state index contributed by atoms with van der Waals surface area (Å²) < 4.78 is 0. The second-order valence-electron chi connectivity index (χ2n) is 7.95. The fraction of sp³-hybridized carbons (Fsp3) is 0.632. The number of alkyl halides is 2. The molecule has 4 bridgehead atoms. The van der Waals surface area contributed by atoms with Crippen LogP contribution in [-0.2, 0) is 4.79 Å². The molecule has 0 radical (unpaired) electrons. The van der Waals surface area contributed by atoms with Gasteiger partial charge in [-0.1, -0.05) is 30.3 Å². The number of halogens is 2. The largest absolute Gasteiger partial charge is 0.349 e. The number of hydrogen-bond acceptors (Lipinski definition) is 1. The van der Waals surface area contributed by atoms with Crippen molar-refractivity contribution in [2.24, 2.45) is 17.8 Å². The van der Waals surface area contributed by atoms with E-state index in [0.29, 0.717) is 11.8 Å². The van der Waals surface area contributed by atoms with Crippen LogP contribution >= 0.6 is 23.2 Å². The summed E-state index contributed by atoms with van der Waals surface area (Å²) in [4.78, 5) is 11.5. The summed E-state index contributed by atoms with van der Waals surface area (Å²) in [5.41, 5.74) is 1.16. The highest BCUT2D eigenvalue weighted by Gasteiger charge is 2.63. The molecule has 4 fully saturated rings. The van der Waals surface area contributed by atoms with Gasteiger partial charge in [-0.2, -0.15) is 0 Å². The van der Waals surface area contributed by atoms with Gasteiger partial charge in [-0.3, -0.25) is 4.79 Å². The van der Waals surface area contributed by atoms with Gasteiger partial charge < -0.3 is 5.32 Å². The summed E-state index contributed by atoms with van der Waals surface area (Å²) in [5, 5.41) is 3.20. The third-order valence-corrected chi connectivity index (χ3v) is 7.12. The summed E-state index contributed by atoms with van der Waals surface area (Å²) in [7, 11) is 0. The van der Waals surface area contributed by atoms with E-state index >= 15 is 0 Å². The Morgan fingerprint density at radius 2 is 1.96 bits per heavy atom. The zero-order valence-electron chi connectivity index (χ0n) is 13.4. The second kappa shape index (κ2) is 5.39. The average molecular weight is 352 g/mol. The lowest BCUT2D eigenvalue weighted by Gasteiger charge is -2.63. The van der Waals surface area contributed by atoms with E-state index in [2.05, 4.69) is 17.4 Å². The number of rotatable bonds is 3. The first-order chi connectivity index (χ1) is 10.9. The maximum atomic E-state index is 11.9. The summed E-state index contributed by atoms with van der Waals surface area (Å²) in [6, 6.07) is 10.3. The predicted octanol–water partition coefficient (Wildman–Crippen LogP) is 4.66. The van der Waals surface area contributed by atoms with Crippen molar-refractivity contribution in [1.29, 1.82) is 0 Å². The maximum Gasteiger partial charge on any atom is 0.217 e. The van der Waals surface area contributed by atoms with Crippen LogP contribution in [-0.4, -0.2) is 15.7 Å². The van der Waals surface area contributed by atoms with Crippen LogP contribution in [0.25, 0.3) is 0 Å². The van der Waals surface area contributed by atoms with Crippen LogP contribution in [0.2, 0.25) is 0 Å². The van der Waals surface area contributed by atoms with E-state index < -0.39 is 0 Å². The van der Waals surface area contributed by atoms with Crippen LogP contribution in [0.3, 0.4) is 0 Å². The molecule has 3 unspecified atom stereocenters. The van der Waals surface area contributed by atoms with Crippen LogP contribution < -0.4 is 5.32 Å². The van der Waals surface area contributed by atoms with E-state index in [4.69, 9.17) is 23.2 Å². The SMILES string of the molecule is CC(=O)N[C@@H](c1ccccc1)[C@H]1C2CC3CC(Cl)(C2)C[C@@]1(Cl)C3. The average Bonchev–Trinajstić information content (AvgIpc) is 2.43.